The second kappa shape index (κ2) is 11.7. The first-order valence-electron chi connectivity index (χ1n) is 11.2. The first kappa shape index (κ1) is 28.0. The molecule has 12 heteroatoms. The molecule has 12 nitrogen and oxygen atoms in total. The Balaban J connectivity index is 1.80. The van der Waals surface area contributed by atoms with Crippen LogP contribution in [0.2, 0.25) is 0 Å². The van der Waals surface area contributed by atoms with Crippen LogP contribution in [0.4, 0.5) is 0 Å². The summed E-state index contributed by atoms with van der Waals surface area (Å²) in [5, 5.41) is 60.2. The van der Waals surface area contributed by atoms with E-state index in [0.717, 1.165) is 31.4 Å². The topological polar surface area (TPSA) is 200 Å². The fourth-order valence-corrected chi connectivity index (χ4v) is 3.91. The molecule has 38 heavy (non-hydrogen) atoms. The van der Waals surface area contributed by atoms with Crippen LogP contribution in [-0.2, 0) is 28.6 Å². The molecule has 0 saturated heterocycles. The van der Waals surface area contributed by atoms with Crippen molar-refractivity contribution in [2.75, 3.05) is 7.11 Å². The molecule has 1 aliphatic carbocycles. The SMILES string of the molecule is COC(=O)C1(O)CC(O)C(OC(=O)C=Cc2cccc(O)c2O)C(OC(=O)C=Cc2cccc(O)c2O)C1. The van der Waals surface area contributed by atoms with Gasteiger partial charge in [-0.2, -0.15) is 0 Å². The monoisotopic (exact) mass is 530 g/mol. The van der Waals surface area contributed by atoms with Crippen LogP contribution in [0.15, 0.2) is 48.6 Å². The van der Waals surface area contributed by atoms with Crippen LogP contribution in [0.25, 0.3) is 12.2 Å². The van der Waals surface area contributed by atoms with E-state index in [0.29, 0.717) is 0 Å². The minimum atomic E-state index is -2.25. The van der Waals surface area contributed by atoms with Gasteiger partial charge in [-0.25, -0.2) is 14.4 Å². The van der Waals surface area contributed by atoms with E-state index in [-0.39, 0.29) is 11.1 Å². The molecule has 3 rings (SSSR count). The largest absolute Gasteiger partial charge is 0.504 e. The molecule has 6 N–H and O–H groups in total. The molecule has 0 spiro atoms. The summed E-state index contributed by atoms with van der Waals surface area (Å²) < 4.78 is 15.1. The molecule has 0 aromatic heterocycles. The van der Waals surface area contributed by atoms with Crippen LogP contribution < -0.4 is 0 Å². The molecule has 0 amide bonds. The third kappa shape index (κ3) is 6.41. The van der Waals surface area contributed by atoms with Gasteiger partial charge in [-0.15, -0.1) is 0 Å². The number of carbonyl (C=O) groups excluding carboxylic acids is 3. The minimum absolute atomic E-state index is 0.0833. The van der Waals surface area contributed by atoms with Crippen molar-refractivity contribution in [2.45, 2.75) is 36.8 Å². The second-order valence-electron chi connectivity index (χ2n) is 8.47. The maximum atomic E-state index is 12.5. The standard InChI is InChI=1S/C26H26O12/c1-36-25(34)26(35)12-18(29)24(38-21(31)11-9-15-5-3-7-17(28)23(15)33)19(13-26)37-20(30)10-8-14-4-2-6-16(27)22(14)32/h2-11,18-19,24,27-29,32-33,35H,12-13H2,1H3. The first-order valence-corrected chi connectivity index (χ1v) is 11.2. The molecular formula is C26H26O12. The third-order valence-electron chi connectivity index (χ3n) is 5.81. The van der Waals surface area contributed by atoms with Crippen molar-refractivity contribution in [3.63, 3.8) is 0 Å². The Kier molecular flexibility index (Phi) is 8.61. The van der Waals surface area contributed by atoms with E-state index in [9.17, 15) is 45.0 Å². The number of hydrogen-bond acceptors (Lipinski definition) is 12. The molecule has 4 atom stereocenters. The summed E-state index contributed by atoms with van der Waals surface area (Å²) >= 11 is 0. The molecule has 2 aromatic carbocycles. The highest BCUT2D eigenvalue weighted by molar-refractivity contribution is 5.89. The number of para-hydroxylation sites is 2. The van der Waals surface area contributed by atoms with E-state index in [1.165, 1.54) is 36.4 Å². The number of hydrogen-bond donors (Lipinski definition) is 6. The smallest absolute Gasteiger partial charge is 0.338 e. The molecule has 1 aliphatic rings. The first-order chi connectivity index (χ1) is 17.9. The Morgan fingerprint density at radius 1 is 0.842 bits per heavy atom. The lowest BCUT2D eigenvalue weighted by atomic mass is 9.79. The quantitative estimate of drug-likeness (QED) is 0.129. The highest BCUT2D eigenvalue weighted by atomic mass is 16.6. The Bertz CT molecular complexity index is 1270. The highest BCUT2D eigenvalue weighted by Gasteiger charge is 2.52. The van der Waals surface area contributed by atoms with Crippen molar-refractivity contribution in [1.82, 2.24) is 0 Å². The number of aliphatic hydroxyl groups excluding tert-OH is 1. The van der Waals surface area contributed by atoms with Gasteiger partial charge >= 0.3 is 17.9 Å². The van der Waals surface area contributed by atoms with Crippen LogP contribution >= 0.6 is 0 Å². The zero-order valence-electron chi connectivity index (χ0n) is 20.1. The Morgan fingerprint density at radius 2 is 1.34 bits per heavy atom. The predicted molar refractivity (Wildman–Crippen MR) is 130 cm³/mol. The summed E-state index contributed by atoms with van der Waals surface area (Å²) in [5.41, 5.74) is -2.08. The summed E-state index contributed by atoms with van der Waals surface area (Å²) in [6.07, 6.45) is -1.79. The van der Waals surface area contributed by atoms with Crippen LogP contribution in [0, 0.1) is 0 Å². The van der Waals surface area contributed by atoms with Gasteiger partial charge < -0.3 is 44.8 Å². The molecule has 0 aliphatic heterocycles. The van der Waals surface area contributed by atoms with Gasteiger partial charge in [0.25, 0.3) is 0 Å². The molecule has 0 radical (unpaired) electrons. The van der Waals surface area contributed by atoms with Gasteiger partial charge in [0, 0.05) is 36.1 Å². The van der Waals surface area contributed by atoms with Gasteiger partial charge in [0.15, 0.2) is 34.7 Å². The van der Waals surface area contributed by atoms with Crippen LogP contribution in [0.5, 0.6) is 23.0 Å². The van der Waals surface area contributed by atoms with E-state index < -0.39 is 77.7 Å². The maximum absolute atomic E-state index is 12.5. The Morgan fingerprint density at radius 3 is 1.84 bits per heavy atom. The number of rotatable bonds is 7. The van der Waals surface area contributed by atoms with Crippen LogP contribution in [-0.4, -0.2) is 79.6 Å². The number of methoxy groups -OCH3 is 1. The summed E-state index contributed by atoms with van der Waals surface area (Å²) in [5.74, 6) is -4.96. The van der Waals surface area contributed by atoms with Gasteiger partial charge in [0.1, 0.15) is 6.10 Å². The van der Waals surface area contributed by atoms with E-state index in [2.05, 4.69) is 4.74 Å². The van der Waals surface area contributed by atoms with Crippen LogP contribution in [0.1, 0.15) is 24.0 Å². The zero-order chi connectivity index (χ0) is 28.0. The number of phenols is 4. The van der Waals surface area contributed by atoms with Crippen LogP contribution in [0.3, 0.4) is 0 Å². The van der Waals surface area contributed by atoms with Gasteiger partial charge in [0.05, 0.1) is 13.2 Å². The van der Waals surface area contributed by atoms with Crippen molar-refractivity contribution >= 4 is 30.1 Å². The Hall–Kier alpha value is -4.55. The number of benzene rings is 2. The third-order valence-corrected chi connectivity index (χ3v) is 5.81. The summed E-state index contributed by atoms with van der Waals surface area (Å²) in [6.45, 7) is 0. The average molecular weight is 530 g/mol. The molecule has 4 unspecified atom stereocenters. The van der Waals surface area contributed by atoms with E-state index in [1.54, 1.807) is 0 Å². The number of aliphatic hydroxyl groups is 2. The predicted octanol–water partition coefficient (Wildman–Crippen LogP) is 1.12. The highest BCUT2D eigenvalue weighted by Crippen LogP contribution is 2.35. The lowest BCUT2D eigenvalue weighted by Gasteiger charge is -2.41. The van der Waals surface area contributed by atoms with E-state index in [4.69, 9.17) is 9.47 Å². The Labute approximate surface area is 216 Å². The minimum Gasteiger partial charge on any atom is -0.504 e. The summed E-state index contributed by atoms with van der Waals surface area (Å²) in [4.78, 5) is 37.1. The number of carbonyl (C=O) groups is 3. The van der Waals surface area contributed by atoms with E-state index in [1.807, 2.05) is 0 Å². The molecule has 202 valence electrons. The van der Waals surface area contributed by atoms with Crippen molar-refractivity contribution < 1.29 is 59.2 Å². The van der Waals surface area contributed by atoms with Crippen molar-refractivity contribution in [1.29, 1.82) is 0 Å². The number of phenolic OH excluding ortho intramolecular Hbond substituents is 4. The van der Waals surface area contributed by atoms with Crippen molar-refractivity contribution in [2.24, 2.45) is 0 Å². The zero-order valence-corrected chi connectivity index (χ0v) is 20.1. The summed E-state index contributed by atoms with van der Waals surface area (Å²) in [7, 11) is 1.02. The normalized spacial score (nSPS) is 23.3. The second-order valence-corrected chi connectivity index (χ2v) is 8.47. The number of aromatic hydroxyl groups is 4. The average Bonchev–Trinajstić information content (AvgIpc) is 2.87. The van der Waals surface area contributed by atoms with E-state index >= 15 is 0 Å². The molecular weight excluding hydrogens is 504 g/mol. The van der Waals surface area contributed by atoms with Gasteiger partial charge in [-0.05, 0) is 24.3 Å². The lowest BCUT2D eigenvalue weighted by Crippen LogP contribution is -2.58. The van der Waals surface area contributed by atoms with Gasteiger partial charge in [0.2, 0.25) is 0 Å². The number of esters is 3. The molecule has 1 saturated carbocycles. The molecule has 2 aromatic rings. The number of ether oxygens (including phenoxy) is 3. The maximum Gasteiger partial charge on any atom is 0.338 e. The molecule has 1 fully saturated rings. The fourth-order valence-electron chi connectivity index (χ4n) is 3.91. The van der Waals surface area contributed by atoms with Gasteiger partial charge in [-0.1, -0.05) is 24.3 Å². The lowest BCUT2D eigenvalue weighted by molar-refractivity contribution is -0.206. The molecule has 0 heterocycles. The van der Waals surface area contributed by atoms with Gasteiger partial charge in [-0.3, -0.25) is 0 Å². The summed E-state index contributed by atoms with van der Waals surface area (Å²) in [6, 6.07) is 8.14. The van der Waals surface area contributed by atoms with Crippen molar-refractivity contribution in [3.8, 4) is 23.0 Å². The molecule has 0 bridgehead atoms. The van der Waals surface area contributed by atoms with Crippen molar-refractivity contribution in [3.05, 3.63) is 59.7 Å². The fraction of sp³-hybridized carbons (Fsp3) is 0.269.